The predicted molar refractivity (Wildman–Crippen MR) is 86.8 cm³/mol. The Morgan fingerprint density at radius 1 is 1.33 bits per heavy atom. The Labute approximate surface area is 133 Å². The molecule has 0 spiro atoms. The van der Waals surface area contributed by atoms with Gasteiger partial charge in [0.1, 0.15) is 0 Å². The van der Waals surface area contributed by atoms with Gasteiger partial charge in [0.25, 0.3) is 5.91 Å². The second-order valence-corrected chi connectivity index (χ2v) is 6.18. The maximum absolute atomic E-state index is 12.2. The molecular formula is C16H25ClN2O2. The highest BCUT2D eigenvalue weighted by atomic mass is 35.5. The third kappa shape index (κ3) is 4.99. The predicted octanol–water partition coefficient (Wildman–Crippen LogP) is 2.50. The Morgan fingerprint density at radius 3 is 2.76 bits per heavy atom. The van der Waals surface area contributed by atoms with E-state index in [1.54, 1.807) is 7.11 Å². The molecule has 2 rings (SSSR count). The molecule has 1 amide bonds. The summed E-state index contributed by atoms with van der Waals surface area (Å²) in [6, 6.07) is 5.94. The van der Waals surface area contributed by atoms with Crippen molar-refractivity contribution in [3.63, 3.8) is 0 Å². The molecule has 4 nitrogen and oxygen atoms in total. The molecule has 0 saturated heterocycles. The number of methoxy groups -OCH3 is 1. The lowest BCUT2D eigenvalue weighted by Crippen LogP contribution is -2.34. The van der Waals surface area contributed by atoms with E-state index in [2.05, 4.69) is 24.5 Å². The number of halogens is 1. The van der Waals surface area contributed by atoms with Crippen LogP contribution in [0.1, 0.15) is 41.8 Å². The van der Waals surface area contributed by atoms with Crippen molar-refractivity contribution in [3.05, 3.63) is 34.9 Å². The van der Waals surface area contributed by atoms with E-state index >= 15 is 0 Å². The summed E-state index contributed by atoms with van der Waals surface area (Å²) in [6.07, 6.45) is 0.928. The molecule has 0 bridgehead atoms. The van der Waals surface area contributed by atoms with Crippen molar-refractivity contribution >= 4 is 18.3 Å². The summed E-state index contributed by atoms with van der Waals surface area (Å²) in [7, 11) is 1.70. The van der Waals surface area contributed by atoms with Gasteiger partial charge in [0.05, 0.1) is 0 Å². The van der Waals surface area contributed by atoms with E-state index in [0.717, 1.165) is 25.1 Å². The van der Waals surface area contributed by atoms with E-state index in [9.17, 15) is 4.79 Å². The van der Waals surface area contributed by atoms with Crippen molar-refractivity contribution < 1.29 is 9.53 Å². The molecule has 118 valence electrons. The van der Waals surface area contributed by atoms with Gasteiger partial charge in [-0.05, 0) is 35.1 Å². The first-order valence-corrected chi connectivity index (χ1v) is 7.11. The van der Waals surface area contributed by atoms with Gasteiger partial charge in [-0.3, -0.25) is 4.79 Å². The topological polar surface area (TPSA) is 50.4 Å². The van der Waals surface area contributed by atoms with Gasteiger partial charge in [-0.25, -0.2) is 0 Å². The van der Waals surface area contributed by atoms with Gasteiger partial charge in [-0.2, -0.15) is 0 Å². The summed E-state index contributed by atoms with van der Waals surface area (Å²) < 4.78 is 5.10. The van der Waals surface area contributed by atoms with Crippen LogP contribution in [-0.2, 0) is 17.8 Å². The minimum atomic E-state index is 0. The Kier molecular flexibility index (Phi) is 6.65. The van der Waals surface area contributed by atoms with E-state index in [-0.39, 0.29) is 23.7 Å². The van der Waals surface area contributed by atoms with Crippen LogP contribution < -0.4 is 10.6 Å². The SMILES string of the molecule is COCCC(C)(C)CNC(=O)c1ccc2c(c1)CNC2.Cl. The highest BCUT2D eigenvalue weighted by molar-refractivity contribution is 5.94. The van der Waals surface area contributed by atoms with Crippen molar-refractivity contribution in [2.75, 3.05) is 20.3 Å². The zero-order chi connectivity index (χ0) is 14.6. The lowest BCUT2D eigenvalue weighted by molar-refractivity contribution is 0.0921. The molecule has 1 aromatic carbocycles. The van der Waals surface area contributed by atoms with E-state index in [4.69, 9.17) is 4.74 Å². The molecule has 5 heteroatoms. The number of carbonyl (C=O) groups is 1. The summed E-state index contributed by atoms with van der Waals surface area (Å²) in [5.41, 5.74) is 3.32. The van der Waals surface area contributed by atoms with Crippen LogP contribution in [0.25, 0.3) is 0 Å². The molecular weight excluding hydrogens is 288 g/mol. The van der Waals surface area contributed by atoms with E-state index in [0.29, 0.717) is 13.2 Å². The number of ether oxygens (including phenoxy) is 1. The summed E-state index contributed by atoms with van der Waals surface area (Å²) in [4.78, 5) is 12.2. The van der Waals surface area contributed by atoms with Crippen LogP contribution in [0, 0.1) is 5.41 Å². The number of hydrogen-bond donors (Lipinski definition) is 2. The van der Waals surface area contributed by atoms with Crippen molar-refractivity contribution in [1.82, 2.24) is 10.6 Å². The third-order valence-corrected chi connectivity index (χ3v) is 3.81. The van der Waals surface area contributed by atoms with Gasteiger partial charge >= 0.3 is 0 Å². The average molecular weight is 313 g/mol. The highest BCUT2D eigenvalue weighted by Crippen LogP contribution is 2.20. The molecule has 0 fully saturated rings. The second-order valence-electron chi connectivity index (χ2n) is 6.18. The zero-order valence-corrected chi connectivity index (χ0v) is 13.8. The van der Waals surface area contributed by atoms with Gasteiger partial charge in [0.15, 0.2) is 0 Å². The Hall–Kier alpha value is -1.10. The smallest absolute Gasteiger partial charge is 0.251 e. The largest absolute Gasteiger partial charge is 0.385 e. The number of nitrogens with one attached hydrogen (secondary N) is 2. The fourth-order valence-corrected chi connectivity index (χ4v) is 2.32. The molecule has 1 aliphatic rings. The lowest BCUT2D eigenvalue weighted by atomic mass is 9.89. The molecule has 1 aliphatic heterocycles. The molecule has 0 unspecified atom stereocenters. The molecule has 0 aromatic heterocycles. The van der Waals surface area contributed by atoms with E-state index in [1.165, 1.54) is 11.1 Å². The number of amides is 1. The van der Waals surface area contributed by atoms with Crippen molar-refractivity contribution in [3.8, 4) is 0 Å². The number of benzene rings is 1. The number of carbonyl (C=O) groups excluding carboxylic acids is 1. The maximum Gasteiger partial charge on any atom is 0.251 e. The molecule has 1 aromatic rings. The second kappa shape index (κ2) is 7.78. The molecule has 0 atom stereocenters. The van der Waals surface area contributed by atoms with Crippen LogP contribution in [0.15, 0.2) is 18.2 Å². The fraction of sp³-hybridized carbons (Fsp3) is 0.562. The van der Waals surface area contributed by atoms with Gasteiger partial charge in [-0.1, -0.05) is 19.9 Å². The molecule has 0 radical (unpaired) electrons. The quantitative estimate of drug-likeness (QED) is 0.848. The van der Waals surface area contributed by atoms with Crippen LogP contribution in [0.2, 0.25) is 0 Å². The summed E-state index contributed by atoms with van der Waals surface area (Å²) in [5.74, 6) is 0.00481. The van der Waals surface area contributed by atoms with Crippen molar-refractivity contribution in [1.29, 1.82) is 0 Å². The molecule has 0 saturated carbocycles. The Morgan fingerprint density at radius 2 is 2.05 bits per heavy atom. The number of fused-ring (bicyclic) bond motifs is 1. The van der Waals surface area contributed by atoms with Crippen LogP contribution in [-0.4, -0.2) is 26.2 Å². The standard InChI is InChI=1S/C16H24N2O2.ClH/c1-16(2,6-7-20-3)11-18-15(19)12-4-5-13-9-17-10-14(13)8-12;/h4-5,8,17H,6-7,9-11H2,1-3H3,(H,18,19);1H. The zero-order valence-electron chi connectivity index (χ0n) is 13.0. The van der Waals surface area contributed by atoms with Crippen LogP contribution in [0.3, 0.4) is 0 Å². The Bertz CT molecular complexity index is 489. The molecule has 21 heavy (non-hydrogen) atoms. The minimum absolute atomic E-state index is 0. The van der Waals surface area contributed by atoms with Crippen LogP contribution in [0.4, 0.5) is 0 Å². The summed E-state index contributed by atoms with van der Waals surface area (Å²) >= 11 is 0. The summed E-state index contributed by atoms with van der Waals surface area (Å²) in [5, 5.41) is 6.31. The third-order valence-electron chi connectivity index (χ3n) is 3.81. The van der Waals surface area contributed by atoms with Gasteiger partial charge < -0.3 is 15.4 Å². The van der Waals surface area contributed by atoms with Crippen molar-refractivity contribution in [2.24, 2.45) is 5.41 Å². The number of rotatable bonds is 6. The average Bonchev–Trinajstić information content (AvgIpc) is 2.90. The van der Waals surface area contributed by atoms with Crippen LogP contribution >= 0.6 is 12.4 Å². The molecule has 1 heterocycles. The summed E-state index contributed by atoms with van der Waals surface area (Å²) in [6.45, 7) is 7.41. The minimum Gasteiger partial charge on any atom is -0.385 e. The maximum atomic E-state index is 12.2. The van der Waals surface area contributed by atoms with Crippen molar-refractivity contribution in [2.45, 2.75) is 33.4 Å². The van der Waals surface area contributed by atoms with Gasteiger partial charge in [0.2, 0.25) is 0 Å². The normalized spacial score (nSPS) is 13.5. The number of hydrogen-bond acceptors (Lipinski definition) is 3. The van der Waals surface area contributed by atoms with Gasteiger partial charge in [0, 0.05) is 38.9 Å². The van der Waals surface area contributed by atoms with E-state index in [1.807, 2.05) is 18.2 Å². The Balaban J connectivity index is 0.00000220. The van der Waals surface area contributed by atoms with E-state index < -0.39 is 0 Å². The van der Waals surface area contributed by atoms with Gasteiger partial charge in [-0.15, -0.1) is 12.4 Å². The monoisotopic (exact) mass is 312 g/mol. The first-order valence-electron chi connectivity index (χ1n) is 7.11. The lowest BCUT2D eigenvalue weighted by Gasteiger charge is -2.24. The fourth-order valence-electron chi connectivity index (χ4n) is 2.32. The first-order chi connectivity index (χ1) is 9.52. The van der Waals surface area contributed by atoms with Crippen LogP contribution in [0.5, 0.6) is 0 Å². The molecule has 2 N–H and O–H groups in total. The first kappa shape index (κ1) is 18.0. The molecule has 0 aliphatic carbocycles. The highest BCUT2D eigenvalue weighted by Gasteiger charge is 2.19.